The zero-order chi connectivity index (χ0) is 28.3. The lowest BCUT2D eigenvalue weighted by Gasteiger charge is -2.24. The van der Waals surface area contributed by atoms with Gasteiger partial charge in [0.15, 0.2) is 5.58 Å². The summed E-state index contributed by atoms with van der Waals surface area (Å²) in [6.45, 7) is 0. The van der Waals surface area contributed by atoms with Crippen molar-refractivity contribution >= 4 is 81.4 Å². The van der Waals surface area contributed by atoms with Gasteiger partial charge in [0.1, 0.15) is 11.4 Å². The molecule has 0 fully saturated rings. The van der Waals surface area contributed by atoms with E-state index in [4.69, 9.17) is 9.40 Å². The number of fused-ring (bicyclic) bond motifs is 7. The summed E-state index contributed by atoms with van der Waals surface area (Å²) in [5.41, 5.74) is 6.15. The summed E-state index contributed by atoms with van der Waals surface area (Å²) in [6.07, 6.45) is 1.86. The molecule has 9 rings (SSSR count). The van der Waals surface area contributed by atoms with Crippen LogP contribution in [0.25, 0.3) is 64.0 Å². The number of hydrogen-bond donors (Lipinski definition) is 0. The lowest BCUT2D eigenvalue weighted by Crippen LogP contribution is -2.11. The fraction of sp³-hybridized carbons (Fsp3) is 0. The van der Waals surface area contributed by atoms with Gasteiger partial charge in [-0.25, -0.2) is 4.98 Å². The van der Waals surface area contributed by atoms with Crippen LogP contribution in [0.3, 0.4) is 0 Å². The zero-order valence-electron chi connectivity index (χ0n) is 23.1. The zero-order valence-corrected chi connectivity index (χ0v) is 23.9. The first-order valence-electron chi connectivity index (χ1n) is 14.4. The van der Waals surface area contributed by atoms with E-state index in [1.165, 1.54) is 42.1 Å². The average molecular weight is 569 g/mol. The van der Waals surface area contributed by atoms with E-state index in [2.05, 4.69) is 138 Å². The molecule has 6 aromatic carbocycles. The van der Waals surface area contributed by atoms with E-state index in [1.54, 1.807) is 0 Å². The number of rotatable bonds is 4. The molecule has 0 spiro atoms. The molecule has 0 radical (unpaired) electrons. The van der Waals surface area contributed by atoms with Crippen molar-refractivity contribution in [3.63, 3.8) is 0 Å². The first-order chi connectivity index (χ1) is 21.3. The molecule has 4 heteroatoms. The van der Waals surface area contributed by atoms with E-state index in [0.29, 0.717) is 0 Å². The Balaban J connectivity index is 1.24. The summed E-state index contributed by atoms with van der Waals surface area (Å²) in [5, 5.41) is 7.08. The number of pyridine rings is 1. The molecule has 3 heterocycles. The molecule has 0 bridgehead atoms. The second kappa shape index (κ2) is 9.55. The van der Waals surface area contributed by atoms with Gasteiger partial charge in [0.25, 0.3) is 0 Å². The molecular weight excluding hydrogens is 545 g/mol. The summed E-state index contributed by atoms with van der Waals surface area (Å²) < 4.78 is 8.84. The fourth-order valence-corrected chi connectivity index (χ4v) is 7.32. The van der Waals surface area contributed by atoms with E-state index >= 15 is 0 Å². The minimum Gasteiger partial charge on any atom is -0.454 e. The molecule has 0 aliphatic carbocycles. The number of nitrogens with zero attached hydrogens (tertiary/aromatic N) is 2. The van der Waals surface area contributed by atoms with Gasteiger partial charge in [-0.2, -0.15) is 0 Å². The quantitative estimate of drug-likeness (QED) is 0.211. The molecule has 0 aliphatic heterocycles. The normalized spacial score (nSPS) is 11.7. The summed E-state index contributed by atoms with van der Waals surface area (Å²) in [6, 6.07) is 49.5. The Labute approximate surface area is 251 Å². The molecule has 0 amide bonds. The Morgan fingerprint density at radius 2 is 1.16 bits per heavy atom. The topological polar surface area (TPSA) is 29.3 Å². The molecular formula is C39H24N2OS. The summed E-state index contributed by atoms with van der Waals surface area (Å²) in [7, 11) is 0. The van der Waals surface area contributed by atoms with Crippen molar-refractivity contribution in [2.45, 2.75) is 0 Å². The van der Waals surface area contributed by atoms with Gasteiger partial charge in [0, 0.05) is 42.3 Å². The molecule has 9 aromatic rings. The van der Waals surface area contributed by atoms with Gasteiger partial charge in [-0.05, 0) is 70.4 Å². The van der Waals surface area contributed by atoms with Gasteiger partial charge in [-0.15, -0.1) is 11.3 Å². The van der Waals surface area contributed by atoms with E-state index in [-0.39, 0.29) is 0 Å². The van der Waals surface area contributed by atoms with Crippen molar-refractivity contribution in [2.24, 2.45) is 0 Å². The number of furan rings is 1. The molecule has 0 unspecified atom stereocenters. The van der Waals surface area contributed by atoms with Gasteiger partial charge in [-0.3, -0.25) is 4.90 Å². The minimum absolute atomic E-state index is 0.786. The number of hydrogen-bond acceptors (Lipinski definition) is 4. The molecule has 3 aromatic heterocycles. The minimum atomic E-state index is 0.786. The first-order valence-corrected chi connectivity index (χ1v) is 15.2. The van der Waals surface area contributed by atoms with Crippen molar-refractivity contribution in [2.75, 3.05) is 4.90 Å². The number of anilines is 3. The summed E-state index contributed by atoms with van der Waals surface area (Å²) in [5.74, 6) is 0.844. The first kappa shape index (κ1) is 24.2. The monoisotopic (exact) mass is 568 g/mol. The number of benzene rings is 6. The van der Waals surface area contributed by atoms with Crippen LogP contribution in [0.1, 0.15) is 0 Å². The Bertz CT molecular complexity index is 2460. The van der Waals surface area contributed by atoms with E-state index in [1.807, 2.05) is 23.6 Å². The SMILES string of the molecule is c1ccc(-c2ccc(N(c3ccc4c(c3)sc3ccccc34)c3cc4c(cn3)oc3cc5ccccc5cc34)cc2)cc1. The van der Waals surface area contributed by atoms with Crippen molar-refractivity contribution in [3.8, 4) is 11.1 Å². The molecule has 0 N–H and O–H groups in total. The smallest absolute Gasteiger partial charge is 0.153 e. The molecule has 0 saturated heterocycles. The average Bonchev–Trinajstić information content (AvgIpc) is 3.61. The predicted molar refractivity (Wildman–Crippen MR) is 182 cm³/mol. The van der Waals surface area contributed by atoms with Crippen molar-refractivity contribution < 1.29 is 4.42 Å². The summed E-state index contributed by atoms with van der Waals surface area (Å²) >= 11 is 1.83. The highest BCUT2D eigenvalue weighted by Gasteiger charge is 2.18. The van der Waals surface area contributed by atoms with Crippen LogP contribution >= 0.6 is 11.3 Å². The van der Waals surface area contributed by atoms with Crippen LogP contribution in [0.2, 0.25) is 0 Å². The highest BCUT2D eigenvalue weighted by molar-refractivity contribution is 7.25. The van der Waals surface area contributed by atoms with Crippen LogP contribution in [-0.2, 0) is 0 Å². The molecule has 0 saturated carbocycles. The van der Waals surface area contributed by atoms with E-state index in [9.17, 15) is 0 Å². The highest BCUT2D eigenvalue weighted by Crippen LogP contribution is 2.42. The van der Waals surface area contributed by atoms with Crippen molar-refractivity contribution in [3.05, 3.63) is 146 Å². The van der Waals surface area contributed by atoms with Gasteiger partial charge < -0.3 is 4.42 Å². The van der Waals surface area contributed by atoms with Gasteiger partial charge in [-0.1, -0.05) is 91.0 Å². The van der Waals surface area contributed by atoms with Crippen molar-refractivity contribution in [1.82, 2.24) is 4.98 Å². The Morgan fingerprint density at radius 1 is 0.488 bits per heavy atom. The molecule has 43 heavy (non-hydrogen) atoms. The van der Waals surface area contributed by atoms with Crippen LogP contribution in [0.15, 0.2) is 150 Å². The Hall–Kier alpha value is -5.45. The standard InChI is InChI=1S/C39H24N2OS/c1-2-8-25(9-3-1)26-14-16-29(17-15-26)41(30-18-19-32-31-12-6-7-13-37(31)43-38(32)22-30)39-23-34-33-20-27-10-4-5-11-28(27)21-35(33)42-36(34)24-40-39/h1-24H. The maximum Gasteiger partial charge on any atom is 0.153 e. The second-order valence-corrected chi connectivity index (χ2v) is 11.9. The second-order valence-electron chi connectivity index (χ2n) is 10.9. The lowest BCUT2D eigenvalue weighted by molar-refractivity contribution is 0.667. The highest BCUT2D eigenvalue weighted by atomic mass is 32.1. The number of thiophene rings is 1. The molecule has 0 atom stereocenters. The third-order valence-corrected chi connectivity index (χ3v) is 9.43. The van der Waals surface area contributed by atoms with E-state index < -0.39 is 0 Å². The van der Waals surface area contributed by atoms with Crippen LogP contribution in [0.5, 0.6) is 0 Å². The summed E-state index contributed by atoms with van der Waals surface area (Å²) in [4.78, 5) is 7.21. The molecule has 0 aliphatic rings. The third kappa shape index (κ3) is 3.99. The largest absolute Gasteiger partial charge is 0.454 e. The van der Waals surface area contributed by atoms with Gasteiger partial charge in [0.2, 0.25) is 0 Å². The van der Waals surface area contributed by atoms with Crippen LogP contribution in [0, 0.1) is 0 Å². The van der Waals surface area contributed by atoms with Gasteiger partial charge >= 0.3 is 0 Å². The van der Waals surface area contributed by atoms with Crippen LogP contribution in [0.4, 0.5) is 17.2 Å². The Kier molecular flexibility index (Phi) is 5.37. The maximum atomic E-state index is 6.28. The van der Waals surface area contributed by atoms with Gasteiger partial charge in [0.05, 0.1) is 6.20 Å². The third-order valence-electron chi connectivity index (χ3n) is 8.29. The fourth-order valence-electron chi connectivity index (χ4n) is 6.18. The maximum absolute atomic E-state index is 6.28. The predicted octanol–water partition coefficient (Wildman–Crippen LogP) is 11.6. The number of aromatic nitrogens is 1. The molecule has 202 valence electrons. The Morgan fingerprint density at radius 3 is 2.02 bits per heavy atom. The van der Waals surface area contributed by atoms with Crippen LogP contribution in [-0.4, -0.2) is 4.98 Å². The van der Waals surface area contributed by atoms with Crippen LogP contribution < -0.4 is 4.90 Å². The molecule has 3 nitrogen and oxygen atoms in total. The lowest BCUT2D eigenvalue weighted by atomic mass is 10.0. The van der Waals surface area contributed by atoms with Crippen molar-refractivity contribution in [1.29, 1.82) is 0 Å². The van der Waals surface area contributed by atoms with E-state index in [0.717, 1.165) is 39.1 Å².